The number of amides is 1. The highest BCUT2D eigenvalue weighted by molar-refractivity contribution is 7.14. The highest BCUT2D eigenvalue weighted by Crippen LogP contribution is 2.24. The third-order valence-electron chi connectivity index (χ3n) is 4.26. The molecule has 0 bridgehead atoms. The number of nitrogens with one attached hydrogen (secondary N) is 1. The van der Waals surface area contributed by atoms with Crippen LogP contribution in [0.5, 0.6) is 5.75 Å². The van der Waals surface area contributed by atoms with Gasteiger partial charge in [0.1, 0.15) is 5.75 Å². The summed E-state index contributed by atoms with van der Waals surface area (Å²) in [6.45, 7) is 1.55. The summed E-state index contributed by atoms with van der Waals surface area (Å²) in [5.41, 5.74) is 2.76. The Morgan fingerprint density at radius 2 is 1.83 bits per heavy atom. The third kappa shape index (κ3) is 5.89. The van der Waals surface area contributed by atoms with Crippen molar-refractivity contribution >= 4 is 28.3 Å². The first kappa shape index (κ1) is 20.5. The van der Waals surface area contributed by atoms with Gasteiger partial charge in [0, 0.05) is 17.4 Å². The summed E-state index contributed by atoms with van der Waals surface area (Å²) in [5, 5.41) is 5.04. The van der Waals surface area contributed by atoms with E-state index in [0.717, 1.165) is 22.6 Å². The van der Waals surface area contributed by atoms with Gasteiger partial charge < -0.3 is 9.47 Å². The first-order valence-corrected chi connectivity index (χ1v) is 10.1. The molecule has 29 heavy (non-hydrogen) atoms. The Hall–Kier alpha value is -3.19. The molecule has 1 atom stereocenters. The van der Waals surface area contributed by atoms with E-state index in [-0.39, 0.29) is 6.42 Å². The minimum atomic E-state index is -0.901. The number of aryl methyl sites for hydroxylation is 1. The number of ether oxygens (including phenoxy) is 2. The van der Waals surface area contributed by atoms with E-state index >= 15 is 0 Å². The fraction of sp³-hybridized carbons (Fsp3) is 0.227. The van der Waals surface area contributed by atoms with E-state index < -0.39 is 18.0 Å². The number of anilines is 1. The molecule has 0 radical (unpaired) electrons. The number of thiazole rings is 1. The van der Waals surface area contributed by atoms with E-state index in [0.29, 0.717) is 11.6 Å². The van der Waals surface area contributed by atoms with Gasteiger partial charge in [0.15, 0.2) is 11.2 Å². The molecule has 0 aliphatic rings. The summed E-state index contributed by atoms with van der Waals surface area (Å²) >= 11 is 1.33. The zero-order chi connectivity index (χ0) is 20.6. The van der Waals surface area contributed by atoms with Crippen molar-refractivity contribution in [3.63, 3.8) is 0 Å². The zero-order valence-corrected chi connectivity index (χ0v) is 17.1. The van der Waals surface area contributed by atoms with Gasteiger partial charge in [-0.3, -0.25) is 14.9 Å². The Morgan fingerprint density at radius 1 is 1.10 bits per heavy atom. The number of methoxy groups -OCH3 is 1. The smallest absolute Gasteiger partial charge is 0.306 e. The zero-order valence-electron chi connectivity index (χ0n) is 16.3. The monoisotopic (exact) mass is 410 g/mol. The first-order valence-electron chi connectivity index (χ1n) is 9.19. The van der Waals surface area contributed by atoms with E-state index in [9.17, 15) is 9.59 Å². The van der Waals surface area contributed by atoms with Crippen molar-refractivity contribution < 1.29 is 19.1 Å². The standard InChI is InChI=1S/C22H22N2O4S/c1-15(28-20(25)13-10-16-8-11-18(27-2)12-9-16)21(26)24-22-23-19(14-29-22)17-6-4-3-5-7-17/h3-9,11-12,14-15H,10,13H2,1-2H3,(H,23,24,26)/t15-/m0/s1. The lowest BCUT2D eigenvalue weighted by atomic mass is 10.1. The first-order chi connectivity index (χ1) is 14.0. The topological polar surface area (TPSA) is 77.5 Å². The van der Waals surface area contributed by atoms with Crippen LogP contribution < -0.4 is 10.1 Å². The van der Waals surface area contributed by atoms with Crippen LogP contribution in [0.25, 0.3) is 11.3 Å². The van der Waals surface area contributed by atoms with Crippen molar-refractivity contribution in [3.05, 3.63) is 65.5 Å². The number of aromatic nitrogens is 1. The van der Waals surface area contributed by atoms with Crippen LogP contribution in [-0.2, 0) is 20.7 Å². The Morgan fingerprint density at radius 3 is 2.52 bits per heavy atom. The van der Waals surface area contributed by atoms with E-state index in [1.807, 2.05) is 60.0 Å². The normalized spacial score (nSPS) is 11.5. The number of esters is 1. The Balaban J connectivity index is 1.47. The van der Waals surface area contributed by atoms with Crippen molar-refractivity contribution in [2.75, 3.05) is 12.4 Å². The van der Waals surface area contributed by atoms with Crippen LogP contribution in [0, 0.1) is 0 Å². The summed E-state index contributed by atoms with van der Waals surface area (Å²) in [5.74, 6) is -0.0661. The van der Waals surface area contributed by atoms with Gasteiger partial charge in [0.25, 0.3) is 5.91 Å². The lowest BCUT2D eigenvalue weighted by Crippen LogP contribution is -2.30. The van der Waals surface area contributed by atoms with Crippen LogP contribution in [0.1, 0.15) is 18.9 Å². The number of rotatable bonds is 8. The number of hydrogen-bond acceptors (Lipinski definition) is 6. The molecule has 1 aromatic heterocycles. The molecule has 1 amide bonds. The predicted molar refractivity (Wildman–Crippen MR) is 113 cm³/mol. The van der Waals surface area contributed by atoms with Crippen LogP contribution in [0.2, 0.25) is 0 Å². The van der Waals surface area contributed by atoms with E-state index in [1.165, 1.54) is 11.3 Å². The number of carbonyl (C=O) groups is 2. The molecular weight excluding hydrogens is 388 g/mol. The van der Waals surface area contributed by atoms with Gasteiger partial charge in [-0.2, -0.15) is 0 Å². The van der Waals surface area contributed by atoms with Gasteiger partial charge in [-0.1, -0.05) is 42.5 Å². The molecule has 0 aliphatic carbocycles. The largest absolute Gasteiger partial charge is 0.497 e. The molecule has 0 fully saturated rings. The van der Waals surface area contributed by atoms with Crippen LogP contribution in [-0.4, -0.2) is 30.1 Å². The molecule has 1 heterocycles. The quantitative estimate of drug-likeness (QED) is 0.560. The fourth-order valence-corrected chi connectivity index (χ4v) is 3.35. The average Bonchev–Trinajstić information content (AvgIpc) is 3.21. The van der Waals surface area contributed by atoms with Gasteiger partial charge in [-0.15, -0.1) is 11.3 Å². The summed E-state index contributed by atoms with van der Waals surface area (Å²) in [6, 6.07) is 17.2. The molecule has 0 spiro atoms. The highest BCUT2D eigenvalue weighted by atomic mass is 32.1. The summed E-state index contributed by atoms with van der Waals surface area (Å²) in [4.78, 5) is 28.8. The minimum absolute atomic E-state index is 0.194. The van der Waals surface area contributed by atoms with Gasteiger partial charge in [-0.05, 0) is 31.0 Å². The highest BCUT2D eigenvalue weighted by Gasteiger charge is 2.19. The molecule has 3 aromatic rings. The molecule has 150 valence electrons. The lowest BCUT2D eigenvalue weighted by molar-refractivity contribution is -0.153. The lowest BCUT2D eigenvalue weighted by Gasteiger charge is -2.12. The summed E-state index contributed by atoms with van der Waals surface area (Å²) < 4.78 is 10.4. The average molecular weight is 410 g/mol. The van der Waals surface area contributed by atoms with Crippen molar-refractivity contribution in [2.45, 2.75) is 25.9 Å². The number of nitrogens with zero attached hydrogens (tertiary/aromatic N) is 1. The van der Waals surface area contributed by atoms with Crippen LogP contribution in [0.4, 0.5) is 5.13 Å². The molecule has 1 N–H and O–H groups in total. The van der Waals surface area contributed by atoms with Crippen molar-refractivity contribution in [1.82, 2.24) is 4.98 Å². The molecule has 0 saturated carbocycles. The fourth-order valence-electron chi connectivity index (χ4n) is 2.63. The van der Waals surface area contributed by atoms with Gasteiger partial charge >= 0.3 is 5.97 Å². The van der Waals surface area contributed by atoms with Gasteiger partial charge in [-0.25, -0.2) is 4.98 Å². The molecular formula is C22H22N2O4S. The molecule has 2 aromatic carbocycles. The Labute approximate surface area is 173 Å². The van der Waals surface area contributed by atoms with Crippen molar-refractivity contribution in [1.29, 1.82) is 0 Å². The second-order valence-corrected chi connectivity index (χ2v) is 7.23. The molecule has 0 unspecified atom stereocenters. The minimum Gasteiger partial charge on any atom is -0.497 e. The predicted octanol–water partition coefficient (Wildman–Crippen LogP) is 4.32. The maximum absolute atomic E-state index is 12.3. The summed E-state index contributed by atoms with van der Waals surface area (Å²) in [7, 11) is 1.60. The van der Waals surface area contributed by atoms with E-state index in [1.54, 1.807) is 14.0 Å². The maximum atomic E-state index is 12.3. The number of carbonyl (C=O) groups excluding carboxylic acids is 2. The van der Waals surface area contributed by atoms with Gasteiger partial charge in [0.2, 0.25) is 0 Å². The molecule has 6 nitrogen and oxygen atoms in total. The van der Waals surface area contributed by atoms with E-state index in [4.69, 9.17) is 9.47 Å². The molecule has 0 aliphatic heterocycles. The SMILES string of the molecule is COc1ccc(CCC(=O)O[C@@H](C)C(=O)Nc2nc(-c3ccccc3)cs2)cc1. The van der Waals surface area contributed by atoms with Crippen molar-refractivity contribution in [2.24, 2.45) is 0 Å². The van der Waals surface area contributed by atoms with Gasteiger partial charge in [0.05, 0.1) is 12.8 Å². The second-order valence-electron chi connectivity index (χ2n) is 6.37. The Kier molecular flexibility index (Phi) is 6.97. The van der Waals surface area contributed by atoms with Crippen LogP contribution >= 0.6 is 11.3 Å². The number of hydrogen-bond donors (Lipinski definition) is 1. The van der Waals surface area contributed by atoms with Crippen LogP contribution in [0.15, 0.2) is 60.0 Å². The molecule has 7 heteroatoms. The second kappa shape index (κ2) is 9.84. The van der Waals surface area contributed by atoms with Crippen LogP contribution in [0.3, 0.4) is 0 Å². The summed E-state index contributed by atoms with van der Waals surface area (Å²) in [6.07, 6.45) is -0.175. The Bertz CT molecular complexity index is 954. The molecule has 3 rings (SSSR count). The maximum Gasteiger partial charge on any atom is 0.306 e. The third-order valence-corrected chi connectivity index (χ3v) is 5.02. The van der Waals surface area contributed by atoms with E-state index in [2.05, 4.69) is 10.3 Å². The van der Waals surface area contributed by atoms with Crippen molar-refractivity contribution in [3.8, 4) is 17.0 Å². The molecule has 0 saturated heterocycles. The number of benzene rings is 2.